The molecule has 1 aromatic carbocycles. The Kier molecular flexibility index (Phi) is 5.20. The van der Waals surface area contributed by atoms with Crippen LogP contribution in [0.1, 0.15) is 24.8 Å². The van der Waals surface area contributed by atoms with Gasteiger partial charge in [0.25, 0.3) is 0 Å². The van der Waals surface area contributed by atoms with E-state index in [0.717, 1.165) is 18.6 Å². The minimum absolute atomic E-state index is 0.103. The number of aliphatic hydroxyl groups excluding tert-OH is 2. The van der Waals surface area contributed by atoms with Crippen LogP contribution in [0.5, 0.6) is 5.75 Å². The molecule has 0 radical (unpaired) electrons. The number of anilines is 1. The van der Waals surface area contributed by atoms with Gasteiger partial charge in [-0.2, -0.15) is 13.2 Å². The largest absolute Gasteiger partial charge is 0.507 e. The molecule has 7 nitrogen and oxygen atoms in total. The fourth-order valence-electron chi connectivity index (χ4n) is 3.70. The maximum absolute atomic E-state index is 12.9. The summed E-state index contributed by atoms with van der Waals surface area (Å²) in [6, 6.07) is 3.85. The van der Waals surface area contributed by atoms with E-state index in [-0.39, 0.29) is 11.3 Å². The number of nitrogens with zero attached hydrogens (tertiary/aromatic N) is 3. The molecule has 2 aromatic heterocycles. The van der Waals surface area contributed by atoms with Gasteiger partial charge in [-0.25, -0.2) is 0 Å². The van der Waals surface area contributed by atoms with Crippen LogP contribution in [-0.4, -0.2) is 48.8 Å². The summed E-state index contributed by atoms with van der Waals surface area (Å²) >= 11 is 0. The Morgan fingerprint density at radius 3 is 2.57 bits per heavy atom. The number of hydrogen-bond acceptors (Lipinski definition) is 7. The van der Waals surface area contributed by atoms with Crippen molar-refractivity contribution in [3.05, 3.63) is 42.2 Å². The Labute approximate surface area is 169 Å². The highest BCUT2D eigenvalue weighted by molar-refractivity contribution is 6.00. The number of phenols is 1. The van der Waals surface area contributed by atoms with Crippen LogP contribution in [0.2, 0.25) is 0 Å². The number of fused-ring (bicyclic) bond motifs is 1. The third-order valence-electron chi connectivity index (χ3n) is 5.31. The Bertz CT molecular complexity index is 1080. The van der Waals surface area contributed by atoms with E-state index in [1.54, 1.807) is 6.07 Å². The van der Waals surface area contributed by atoms with E-state index >= 15 is 0 Å². The summed E-state index contributed by atoms with van der Waals surface area (Å²) < 4.78 is 38.7. The lowest BCUT2D eigenvalue weighted by Crippen LogP contribution is -2.45. The van der Waals surface area contributed by atoms with Gasteiger partial charge in [0.05, 0.1) is 23.8 Å². The molecule has 10 heteroatoms. The molecule has 30 heavy (non-hydrogen) atoms. The number of alkyl halides is 3. The number of benzene rings is 1. The summed E-state index contributed by atoms with van der Waals surface area (Å²) in [7, 11) is 0. The van der Waals surface area contributed by atoms with Gasteiger partial charge < -0.3 is 20.6 Å². The van der Waals surface area contributed by atoms with Crippen molar-refractivity contribution in [1.82, 2.24) is 15.2 Å². The van der Waals surface area contributed by atoms with Gasteiger partial charge in [0.2, 0.25) is 0 Å². The van der Waals surface area contributed by atoms with Crippen LogP contribution in [-0.2, 0) is 6.18 Å². The number of rotatable bonds is 3. The first-order valence-corrected chi connectivity index (χ1v) is 9.39. The van der Waals surface area contributed by atoms with Gasteiger partial charge >= 0.3 is 6.18 Å². The average molecular weight is 420 g/mol. The minimum Gasteiger partial charge on any atom is -0.507 e. The number of hydrogen-bond donors (Lipinski definition) is 4. The van der Waals surface area contributed by atoms with Crippen molar-refractivity contribution in [3.63, 3.8) is 0 Å². The molecule has 4 rings (SSSR count). The van der Waals surface area contributed by atoms with Gasteiger partial charge in [0, 0.05) is 28.7 Å². The van der Waals surface area contributed by atoms with Crippen molar-refractivity contribution in [2.45, 2.75) is 43.7 Å². The third-order valence-corrected chi connectivity index (χ3v) is 5.31. The molecular formula is C20H19F3N4O3. The molecule has 1 aliphatic rings. The minimum atomic E-state index is -4.58. The van der Waals surface area contributed by atoms with Crippen molar-refractivity contribution in [3.8, 4) is 17.0 Å². The van der Waals surface area contributed by atoms with Crippen LogP contribution < -0.4 is 5.32 Å². The number of aromatic nitrogens is 3. The number of halogens is 3. The van der Waals surface area contributed by atoms with Gasteiger partial charge in [-0.05, 0) is 43.5 Å². The predicted molar refractivity (Wildman–Crippen MR) is 103 cm³/mol. The summed E-state index contributed by atoms with van der Waals surface area (Å²) in [6.45, 7) is 0. The molecule has 0 aliphatic heterocycles. The third kappa shape index (κ3) is 3.75. The molecule has 4 N–H and O–H groups in total. The first-order valence-electron chi connectivity index (χ1n) is 9.39. The lowest BCUT2D eigenvalue weighted by Gasteiger charge is -2.32. The van der Waals surface area contributed by atoms with E-state index in [1.807, 2.05) is 0 Å². The van der Waals surface area contributed by atoms with E-state index in [4.69, 9.17) is 0 Å². The SMILES string of the molecule is Oc1cc(C(F)(F)F)ccc1-c1nnc(N[C@@H]2CCC[C@H](O)[C@@H]2O)c2cnccc12. The monoisotopic (exact) mass is 420 g/mol. The van der Waals surface area contributed by atoms with Crippen LogP contribution >= 0.6 is 0 Å². The molecule has 1 fully saturated rings. The molecule has 0 saturated heterocycles. The molecule has 2 heterocycles. The fourth-order valence-corrected chi connectivity index (χ4v) is 3.70. The highest BCUT2D eigenvalue weighted by Gasteiger charge is 2.32. The average Bonchev–Trinajstić information content (AvgIpc) is 2.71. The highest BCUT2D eigenvalue weighted by Crippen LogP contribution is 2.38. The molecule has 1 saturated carbocycles. The fraction of sp³-hybridized carbons (Fsp3) is 0.350. The lowest BCUT2D eigenvalue weighted by atomic mass is 9.90. The molecular weight excluding hydrogens is 401 g/mol. The molecule has 0 bridgehead atoms. The zero-order chi connectivity index (χ0) is 21.5. The van der Waals surface area contributed by atoms with Gasteiger partial charge in [-0.3, -0.25) is 4.98 Å². The van der Waals surface area contributed by atoms with Crippen LogP contribution in [0, 0.1) is 0 Å². The Morgan fingerprint density at radius 1 is 1.03 bits per heavy atom. The topological polar surface area (TPSA) is 111 Å². The number of aromatic hydroxyl groups is 1. The molecule has 3 aromatic rings. The summed E-state index contributed by atoms with van der Waals surface area (Å²) in [6.07, 6.45) is -1.49. The van der Waals surface area contributed by atoms with Crippen molar-refractivity contribution in [2.75, 3.05) is 5.32 Å². The van der Waals surface area contributed by atoms with Gasteiger partial charge in [0.1, 0.15) is 11.4 Å². The van der Waals surface area contributed by atoms with Gasteiger partial charge in [-0.1, -0.05) is 0 Å². The lowest BCUT2D eigenvalue weighted by molar-refractivity contribution is -0.137. The molecule has 0 spiro atoms. The Morgan fingerprint density at radius 2 is 1.83 bits per heavy atom. The first kappa shape index (κ1) is 20.3. The number of pyridine rings is 1. The maximum atomic E-state index is 12.9. The quantitative estimate of drug-likeness (QED) is 0.515. The van der Waals surface area contributed by atoms with Crippen molar-refractivity contribution in [2.24, 2.45) is 0 Å². The van der Waals surface area contributed by atoms with E-state index in [9.17, 15) is 28.5 Å². The van der Waals surface area contributed by atoms with Crippen molar-refractivity contribution in [1.29, 1.82) is 0 Å². The van der Waals surface area contributed by atoms with Crippen LogP contribution in [0.25, 0.3) is 22.0 Å². The number of phenolic OH excluding ortho intramolecular Hbond substituents is 1. The van der Waals surface area contributed by atoms with Gasteiger partial charge in [-0.15, -0.1) is 10.2 Å². The first-order chi connectivity index (χ1) is 14.3. The Hall–Kier alpha value is -2.98. The van der Waals surface area contributed by atoms with Crippen LogP contribution in [0.15, 0.2) is 36.7 Å². The van der Waals surface area contributed by atoms with E-state index in [0.29, 0.717) is 35.5 Å². The highest BCUT2D eigenvalue weighted by atomic mass is 19.4. The Balaban J connectivity index is 1.75. The molecule has 0 amide bonds. The molecule has 158 valence electrons. The van der Waals surface area contributed by atoms with E-state index in [1.165, 1.54) is 12.4 Å². The summed E-state index contributed by atoms with van der Waals surface area (Å²) in [4.78, 5) is 4.07. The van der Waals surface area contributed by atoms with Crippen LogP contribution in [0.3, 0.4) is 0 Å². The summed E-state index contributed by atoms with van der Waals surface area (Å²) in [5, 5.41) is 42.7. The molecule has 1 aliphatic carbocycles. The number of aliphatic hydroxyl groups is 2. The van der Waals surface area contributed by atoms with Crippen molar-refractivity contribution < 1.29 is 28.5 Å². The second-order valence-electron chi connectivity index (χ2n) is 7.29. The second-order valence-corrected chi connectivity index (χ2v) is 7.29. The van der Waals surface area contributed by atoms with Crippen LogP contribution in [0.4, 0.5) is 19.0 Å². The van der Waals surface area contributed by atoms with Gasteiger partial charge in [0.15, 0.2) is 5.82 Å². The maximum Gasteiger partial charge on any atom is 0.416 e. The zero-order valence-corrected chi connectivity index (χ0v) is 15.6. The van der Waals surface area contributed by atoms with Crippen molar-refractivity contribution >= 4 is 16.6 Å². The standard InChI is InChI=1S/C20H19F3N4O3/c21-20(22,23)10-4-5-12(16(29)8-10)17-11-6-7-24-9-13(11)19(27-26-17)25-14-2-1-3-15(28)18(14)30/h4-9,14-15,18,28-30H,1-3H2,(H,25,27)/t14-,15+,18-/m1/s1. The second kappa shape index (κ2) is 7.69. The number of nitrogens with one attached hydrogen (secondary N) is 1. The van der Waals surface area contributed by atoms with E-state index in [2.05, 4.69) is 20.5 Å². The summed E-state index contributed by atoms with van der Waals surface area (Å²) in [5.74, 6) is -0.241. The molecule has 0 unspecified atom stereocenters. The smallest absolute Gasteiger partial charge is 0.416 e. The zero-order valence-electron chi connectivity index (χ0n) is 15.6. The van der Waals surface area contributed by atoms with E-state index < -0.39 is 35.7 Å². The molecule has 3 atom stereocenters. The predicted octanol–water partition coefficient (Wildman–Crippen LogP) is 3.10. The normalized spacial score (nSPS) is 22.2. The summed E-state index contributed by atoms with van der Waals surface area (Å²) in [5.41, 5.74) is -0.661.